The molecule has 6 rings (SSSR count). The quantitative estimate of drug-likeness (QED) is 0.0118. The number of hydrogen-bond acceptors (Lipinski definition) is 24. The molecule has 698 valence electrons. The predicted molar refractivity (Wildman–Crippen MR) is 442 cm³/mol. The minimum Gasteiger partial charge on any atom is -0.508 e. The molecule has 21 N–H and O–H groups in total. The zero-order valence-corrected chi connectivity index (χ0v) is 79.4. The number of aliphatic carboxylic acids is 2. The number of phenolic OH excluding ortho intramolecular Hbond substituents is 2. The Labute approximate surface area is 867 Å². The van der Waals surface area contributed by atoms with Gasteiger partial charge in [0.2, 0.25) is 76.8 Å². The van der Waals surface area contributed by atoms with Gasteiger partial charge in [-0.15, -0.1) is 0 Å². The molecular weight excluding hydrogens is 2280 g/mol. The van der Waals surface area contributed by atoms with E-state index in [0.717, 1.165) is 17.4 Å². The van der Waals surface area contributed by atoms with Gasteiger partial charge in [-0.1, -0.05) is 114 Å². The number of rotatable bonds is 34. The molecule has 0 saturated carbocycles. The molecule has 2 aliphatic heterocycles. The Balaban J connectivity index is 0.0000137. The number of aliphatic hydroxyl groups is 1. The van der Waals surface area contributed by atoms with Crippen LogP contribution in [0.15, 0.2) is 103 Å². The fraction of sp³-hybridized carbons (Fsp3) is 0.412. The number of carbonyl (C=O) groups is 19. The molecule has 41 nitrogen and oxygen atoms in total. The molecule has 47 heteroatoms. The first-order chi connectivity index (χ1) is 58.2. The summed E-state index contributed by atoms with van der Waals surface area (Å²) in [5, 5.41) is 90.3. The maximum absolute atomic E-state index is 15.3. The first-order valence-corrected chi connectivity index (χ1v) is 41.1. The number of benzene rings is 4. The molecule has 2 fully saturated rings. The monoisotopic (exact) mass is 2380 g/mol. The Hall–Kier alpha value is -8.15. The molecule has 127 heavy (non-hydrogen) atoms. The summed E-state index contributed by atoms with van der Waals surface area (Å²) in [7, 11) is 1.34. The van der Waals surface area contributed by atoms with Gasteiger partial charge in [-0.05, 0) is 84.2 Å². The number of hydrogen-bond donors (Lipinski definition) is 21. The number of carboxylic acids is 2. The SMILES string of the molecule is [CH2-]C(=O)NCC(NC([CH2-])=O)C(=O)NCCNC(=O)[C@H](CC(=O)O)NC(=O)[C@H](Cc1ccc(-c2ccccc2)cc1)NC(=O)[C@@H]1CSSC[C@H](NC(=O)[C@@H]2CCCN2C(=O)C(CC(C)C)NC(=O)C(CNC([CH2-])=O)NC([CH2-])=O)C(=O)N[C@@H](CC(=O)O)C(=O)N[C@@H](Cc2ccc(O)cc2)C(=O)N[C@@H](Cc2ccc(O)cc2)C(=O)NCC(=O)N[C@@H](C(C)O)C(=O)N1.[Gd].[Gd].[Gd].[Gd]. The van der Waals surface area contributed by atoms with Crippen molar-refractivity contribution >= 4 is 134 Å². The average molecular weight is 2380 g/mol. The molecule has 4 unspecified atom stereocenters. The normalized spacial score (nSPS) is 19.0. The molecule has 0 bridgehead atoms. The second kappa shape index (κ2) is 58.5. The summed E-state index contributed by atoms with van der Waals surface area (Å²) in [5.74, 6) is -23.4. The predicted octanol–water partition coefficient (Wildman–Crippen LogP) is -5.19. The van der Waals surface area contributed by atoms with E-state index in [9.17, 15) is 102 Å². The van der Waals surface area contributed by atoms with Gasteiger partial charge in [-0.3, -0.25) is 71.9 Å². The van der Waals surface area contributed by atoms with Crippen LogP contribution in [-0.2, 0) is 110 Å². The number of nitrogens with zero attached hydrogens (tertiary/aromatic N) is 1. The summed E-state index contributed by atoms with van der Waals surface area (Å²) >= 11 is 0. The van der Waals surface area contributed by atoms with Crippen molar-refractivity contribution in [1.82, 2.24) is 90.0 Å². The fourth-order valence-electron chi connectivity index (χ4n) is 12.6. The van der Waals surface area contributed by atoms with Gasteiger partial charge in [-0.2, -0.15) is 0 Å². The minimum absolute atomic E-state index is 0. The van der Waals surface area contributed by atoms with Gasteiger partial charge in [0.15, 0.2) is 0 Å². The Morgan fingerprint density at radius 1 is 0.488 bits per heavy atom. The van der Waals surface area contributed by atoms with E-state index in [4.69, 9.17) is 0 Å². The van der Waals surface area contributed by atoms with Crippen molar-refractivity contribution < 1.29 is 276 Å². The van der Waals surface area contributed by atoms with Crippen LogP contribution < -0.4 is 85.1 Å². The summed E-state index contributed by atoms with van der Waals surface area (Å²) in [4.78, 5) is 262. The van der Waals surface area contributed by atoms with E-state index >= 15 is 14.4 Å². The second-order valence-electron chi connectivity index (χ2n) is 29.0. The summed E-state index contributed by atoms with van der Waals surface area (Å²) < 4.78 is 0. The van der Waals surface area contributed by atoms with E-state index in [1.165, 1.54) is 48.5 Å². The van der Waals surface area contributed by atoms with Gasteiger partial charge < -0.3 is 162 Å². The van der Waals surface area contributed by atoms with Gasteiger partial charge in [0.1, 0.15) is 84.0 Å². The van der Waals surface area contributed by atoms with Crippen molar-refractivity contribution in [3.63, 3.8) is 0 Å². The van der Waals surface area contributed by atoms with Crippen molar-refractivity contribution in [2.75, 3.05) is 50.8 Å². The van der Waals surface area contributed by atoms with Gasteiger partial charge in [0.25, 0.3) is 0 Å². The van der Waals surface area contributed by atoms with Crippen LogP contribution in [0.3, 0.4) is 0 Å². The molecule has 0 aromatic heterocycles. The van der Waals surface area contributed by atoms with E-state index in [1.54, 1.807) is 56.3 Å². The minimum atomic E-state index is -2.15. The van der Waals surface area contributed by atoms with Crippen LogP contribution in [0.5, 0.6) is 11.5 Å². The van der Waals surface area contributed by atoms with Crippen molar-refractivity contribution in [3.8, 4) is 22.6 Å². The number of nitrogens with one attached hydrogen (secondary N) is 16. The van der Waals surface area contributed by atoms with Crippen molar-refractivity contribution in [2.45, 2.75) is 151 Å². The molecule has 17 amide bonds. The van der Waals surface area contributed by atoms with Gasteiger partial charge in [-0.25, -0.2) is 0 Å². The second-order valence-corrected chi connectivity index (χ2v) is 31.6. The third kappa shape index (κ3) is 40.8. The number of amides is 17. The number of phenols is 2. The molecule has 0 spiro atoms. The van der Waals surface area contributed by atoms with Crippen LogP contribution in [0.2, 0.25) is 0 Å². The third-order valence-corrected chi connectivity index (χ3v) is 21.1. The Bertz CT molecular complexity index is 4480. The molecule has 4 aromatic rings. The smallest absolute Gasteiger partial charge is 0.305 e. The van der Waals surface area contributed by atoms with E-state index in [2.05, 4.69) is 113 Å². The first-order valence-electron chi connectivity index (χ1n) is 38.6. The van der Waals surface area contributed by atoms with Crippen molar-refractivity contribution in [2.24, 2.45) is 5.92 Å². The van der Waals surface area contributed by atoms with Crippen molar-refractivity contribution in [1.29, 1.82) is 0 Å². The van der Waals surface area contributed by atoms with E-state index < -0.39 is 261 Å². The maximum atomic E-state index is 15.3. The molecular formula is C80H101Gd4N17O24S2-4. The number of likely N-dealkylation sites (tertiary alicyclic amines) is 1. The number of carbonyl (C=O) groups excluding carboxylic acids is 17. The third-order valence-electron chi connectivity index (χ3n) is 18.7. The number of carboxylic acid groups (broad SMARTS) is 2. The summed E-state index contributed by atoms with van der Waals surface area (Å²) in [6.45, 7) is 14.4. The standard InChI is InChI=1S/C80H101N17O24S2.4Gd/c1-41(2)30-59(93-75(116)61(87-46(7)102)37-84-44(5)100)80(121)97-29-11-14-64(97)78(119)94-62-39-122-123-40-63(77(118)90-56(32-47-15-21-51(22-16-47)50-12-9-8-10-13-50)73(114)91-57(34-66(106)107)69(110)81-27-28-82-71(112)60(86-45(6)101)36-83-43(4)99)95-79(120)68(42(3)98)96-65(105)38-85-70(111)54(31-48-17-23-52(103)24-18-48)88-72(113)55(33-49-19-25-53(104)26-20-49)89-74(115)58(35-67(108)109)92-76(62)117;;;;/h8-10,12-13,15-26,41-42,54-64,68,98,103-104H,4-7,11,14,27-40H2,1-3H3,(H,81,110)(H,82,112)(H,83,99)(H,84,100)(H,85,111)(H,86,101)(H,87,102)(H,88,113)(H,89,115)(H,90,118)(H,91,114)(H,92,117)(H,93,116)(H,94,119)(H,95,120)(H,96,105)(H,106,107)(H,108,109);;;;/q-4;;;;/t42?,54-,55-,56-,57-,58-,59?,60?,61?,62-,63-,64-,68-;;;;/m0..../s1. The molecule has 0 aliphatic carbocycles. The fourth-order valence-corrected chi connectivity index (χ4v) is 14.9. The van der Waals surface area contributed by atoms with Crippen LogP contribution in [0.4, 0.5) is 0 Å². The maximum Gasteiger partial charge on any atom is 0.305 e. The summed E-state index contributed by atoms with van der Waals surface area (Å²) in [5.41, 5.74) is 2.34. The zero-order chi connectivity index (χ0) is 90.7. The van der Waals surface area contributed by atoms with Gasteiger partial charge in [0.05, 0.1) is 49.1 Å². The van der Waals surface area contributed by atoms with E-state index in [0.29, 0.717) is 38.3 Å². The zero-order valence-electron chi connectivity index (χ0n) is 68.7. The Morgan fingerprint density at radius 3 is 1.48 bits per heavy atom. The molecule has 2 heterocycles. The van der Waals surface area contributed by atoms with Crippen LogP contribution in [0.1, 0.15) is 69.6 Å². The van der Waals surface area contributed by atoms with E-state index in [-0.39, 0.29) is 215 Å². The molecule has 4 aromatic carbocycles. The molecule has 0 radical (unpaired) electrons. The van der Waals surface area contributed by atoms with Crippen LogP contribution in [0.25, 0.3) is 11.1 Å². The van der Waals surface area contributed by atoms with Crippen LogP contribution in [0, 0.1) is 193 Å². The van der Waals surface area contributed by atoms with Gasteiger partial charge >= 0.3 is 11.9 Å². The van der Waals surface area contributed by atoms with Crippen molar-refractivity contribution in [3.05, 3.63) is 148 Å². The number of aliphatic hydroxyl groups excluding tert-OH is 1. The average Bonchev–Trinajstić information content (AvgIpc) is 1.70. The van der Waals surface area contributed by atoms with Crippen LogP contribution in [-0.4, -0.2) is 272 Å². The summed E-state index contributed by atoms with van der Waals surface area (Å²) in [6, 6.07) is 4.98. The Morgan fingerprint density at radius 2 is 0.969 bits per heavy atom. The van der Waals surface area contributed by atoms with E-state index in [1.807, 2.05) is 12.1 Å². The summed E-state index contributed by atoms with van der Waals surface area (Å²) in [6.07, 6.45) is -5.48. The molecule has 13 atom stereocenters. The molecule has 2 saturated heterocycles. The van der Waals surface area contributed by atoms with Gasteiger partial charge in [0, 0.05) is 223 Å². The number of aromatic hydroxyl groups is 2. The van der Waals surface area contributed by atoms with Crippen LogP contribution >= 0.6 is 21.6 Å². The largest absolute Gasteiger partial charge is 0.508 e. The Kier molecular flexibility index (Phi) is 52.9. The molecule has 2 aliphatic rings. The first kappa shape index (κ1) is 115. The topological polar surface area (TPSA) is 621 Å².